The molecular formula is C52H102O4. The molecule has 0 aliphatic rings. The highest BCUT2D eigenvalue weighted by molar-refractivity contribution is 5.69. The third kappa shape index (κ3) is 49.1. The summed E-state index contributed by atoms with van der Waals surface area (Å²) in [6.45, 7) is 10.5. The lowest BCUT2D eigenvalue weighted by Crippen LogP contribution is -2.05. The Bertz CT molecular complexity index is 713. The molecule has 0 N–H and O–H groups in total. The van der Waals surface area contributed by atoms with Crippen molar-refractivity contribution >= 4 is 11.9 Å². The van der Waals surface area contributed by atoms with E-state index in [4.69, 9.17) is 9.47 Å². The fourth-order valence-corrected chi connectivity index (χ4v) is 8.02. The second-order valence-corrected chi connectivity index (χ2v) is 18.7. The van der Waals surface area contributed by atoms with Crippen LogP contribution in [0.1, 0.15) is 297 Å². The van der Waals surface area contributed by atoms with E-state index in [1.54, 1.807) is 0 Å². The summed E-state index contributed by atoms with van der Waals surface area (Å²) in [5, 5.41) is 0. The lowest BCUT2D eigenvalue weighted by atomic mass is 10.0. The van der Waals surface area contributed by atoms with E-state index in [0.29, 0.717) is 26.1 Å². The predicted molar refractivity (Wildman–Crippen MR) is 246 cm³/mol. The van der Waals surface area contributed by atoms with E-state index >= 15 is 0 Å². The van der Waals surface area contributed by atoms with Crippen LogP contribution in [0, 0.1) is 11.8 Å². The minimum atomic E-state index is -0.0112. The Hall–Kier alpha value is -1.06. The van der Waals surface area contributed by atoms with Crippen LogP contribution in [0.5, 0.6) is 0 Å². The first kappa shape index (κ1) is 54.9. The average molecular weight is 791 g/mol. The first-order chi connectivity index (χ1) is 27.4. The fraction of sp³-hybridized carbons (Fsp3) is 0.962. The molecule has 4 heteroatoms. The Morgan fingerprint density at radius 3 is 0.661 bits per heavy atom. The second kappa shape index (κ2) is 46.6. The number of ether oxygens (including phenoxy) is 2. The van der Waals surface area contributed by atoms with Crippen LogP contribution in [-0.2, 0) is 19.1 Å². The predicted octanol–water partition coefficient (Wildman–Crippen LogP) is 17.8. The van der Waals surface area contributed by atoms with Crippen molar-refractivity contribution in [1.29, 1.82) is 0 Å². The van der Waals surface area contributed by atoms with Crippen LogP contribution in [0.4, 0.5) is 0 Å². The van der Waals surface area contributed by atoms with Crippen LogP contribution >= 0.6 is 0 Å². The quantitative estimate of drug-likeness (QED) is 0.0455. The molecule has 0 saturated carbocycles. The van der Waals surface area contributed by atoms with Crippen LogP contribution in [0.15, 0.2) is 0 Å². The van der Waals surface area contributed by atoms with Gasteiger partial charge in [-0.05, 0) is 37.5 Å². The summed E-state index contributed by atoms with van der Waals surface area (Å²) in [5.74, 6) is 1.72. The molecule has 0 aromatic rings. The molecule has 0 unspecified atom stereocenters. The summed E-state index contributed by atoms with van der Waals surface area (Å²) in [6.07, 6.45) is 53.7. The Balaban J connectivity index is 3.23. The van der Waals surface area contributed by atoms with Crippen molar-refractivity contribution in [1.82, 2.24) is 0 Å². The Kier molecular flexibility index (Phi) is 45.7. The SMILES string of the molecule is CC(C)CCCCCCCCCCCCCCCCCOC(=O)CCCCCCCCCCC(=O)OCCCCCCCCCCCCCCCCCC(C)C. The molecule has 4 nitrogen and oxygen atoms in total. The van der Waals surface area contributed by atoms with Gasteiger partial charge in [0, 0.05) is 12.8 Å². The van der Waals surface area contributed by atoms with Gasteiger partial charge in [-0.2, -0.15) is 0 Å². The van der Waals surface area contributed by atoms with Crippen molar-refractivity contribution < 1.29 is 19.1 Å². The van der Waals surface area contributed by atoms with Crippen molar-refractivity contribution in [2.45, 2.75) is 297 Å². The first-order valence-corrected chi connectivity index (χ1v) is 25.7. The summed E-state index contributed by atoms with van der Waals surface area (Å²) >= 11 is 0. The number of hydrogen-bond acceptors (Lipinski definition) is 4. The highest BCUT2D eigenvalue weighted by Crippen LogP contribution is 2.17. The van der Waals surface area contributed by atoms with Crippen molar-refractivity contribution in [3.05, 3.63) is 0 Å². The Morgan fingerprint density at radius 2 is 0.446 bits per heavy atom. The molecule has 334 valence electrons. The largest absolute Gasteiger partial charge is 0.466 e. The molecule has 0 rings (SSSR count). The Morgan fingerprint density at radius 1 is 0.268 bits per heavy atom. The van der Waals surface area contributed by atoms with Gasteiger partial charge < -0.3 is 9.47 Å². The van der Waals surface area contributed by atoms with Crippen molar-refractivity contribution in [3.8, 4) is 0 Å². The molecule has 0 aliphatic carbocycles. The molecular weight excluding hydrogens is 689 g/mol. The van der Waals surface area contributed by atoms with E-state index in [1.165, 1.54) is 218 Å². The van der Waals surface area contributed by atoms with Gasteiger partial charge in [0.05, 0.1) is 13.2 Å². The van der Waals surface area contributed by atoms with Gasteiger partial charge in [-0.1, -0.05) is 259 Å². The van der Waals surface area contributed by atoms with Crippen LogP contribution in [0.3, 0.4) is 0 Å². The van der Waals surface area contributed by atoms with Crippen molar-refractivity contribution in [2.75, 3.05) is 13.2 Å². The zero-order valence-electron chi connectivity index (χ0n) is 38.9. The highest BCUT2D eigenvalue weighted by atomic mass is 16.5. The standard InChI is InChI=1S/C52H102O4/c1-49(2)43-37-31-25-19-15-11-7-5-9-13-17-23-29-35-41-47-55-51(53)45-39-33-27-21-22-28-34-40-46-52(54)56-48-42-36-30-24-18-14-10-6-8-12-16-20-26-32-38-44-50(3)4/h49-50H,5-48H2,1-4H3. The molecule has 0 spiro atoms. The van der Waals surface area contributed by atoms with Crippen LogP contribution in [0.25, 0.3) is 0 Å². The van der Waals surface area contributed by atoms with E-state index < -0.39 is 0 Å². The number of carbonyl (C=O) groups is 2. The summed E-state index contributed by atoms with van der Waals surface area (Å²) < 4.78 is 10.9. The van der Waals surface area contributed by atoms with E-state index in [9.17, 15) is 9.59 Å². The van der Waals surface area contributed by atoms with Crippen molar-refractivity contribution in [2.24, 2.45) is 11.8 Å². The number of carbonyl (C=O) groups excluding carboxylic acids is 2. The summed E-state index contributed by atoms with van der Waals surface area (Å²) in [5.41, 5.74) is 0. The zero-order chi connectivity index (χ0) is 40.8. The number of hydrogen-bond donors (Lipinski definition) is 0. The third-order valence-electron chi connectivity index (χ3n) is 11.9. The average Bonchev–Trinajstić information content (AvgIpc) is 3.17. The lowest BCUT2D eigenvalue weighted by Gasteiger charge is -2.06. The van der Waals surface area contributed by atoms with Gasteiger partial charge in [0.25, 0.3) is 0 Å². The van der Waals surface area contributed by atoms with Gasteiger partial charge in [0.2, 0.25) is 0 Å². The molecule has 0 aromatic heterocycles. The zero-order valence-corrected chi connectivity index (χ0v) is 38.9. The second-order valence-electron chi connectivity index (χ2n) is 18.7. The Labute approximate surface area is 352 Å². The smallest absolute Gasteiger partial charge is 0.305 e. The van der Waals surface area contributed by atoms with E-state index in [2.05, 4.69) is 27.7 Å². The molecule has 0 bridgehead atoms. The van der Waals surface area contributed by atoms with Gasteiger partial charge in [-0.15, -0.1) is 0 Å². The van der Waals surface area contributed by atoms with E-state index in [1.807, 2.05) is 0 Å². The van der Waals surface area contributed by atoms with Gasteiger partial charge >= 0.3 is 11.9 Å². The van der Waals surface area contributed by atoms with Gasteiger partial charge in [-0.3, -0.25) is 9.59 Å². The minimum Gasteiger partial charge on any atom is -0.466 e. The maximum Gasteiger partial charge on any atom is 0.305 e. The number of unbranched alkanes of at least 4 members (excludes halogenated alkanes) is 35. The van der Waals surface area contributed by atoms with Gasteiger partial charge in [0.1, 0.15) is 0 Å². The highest BCUT2D eigenvalue weighted by Gasteiger charge is 2.05. The monoisotopic (exact) mass is 791 g/mol. The molecule has 0 atom stereocenters. The molecule has 0 heterocycles. The number of rotatable bonds is 47. The number of esters is 2. The fourth-order valence-electron chi connectivity index (χ4n) is 8.02. The molecule has 0 saturated heterocycles. The summed E-state index contributed by atoms with van der Waals surface area (Å²) in [4.78, 5) is 24.1. The molecule has 56 heavy (non-hydrogen) atoms. The molecule has 0 aliphatic heterocycles. The van der Waals surface area contributed by atoms with Gasteiger partial charge in [-0.25, -0.2) is 0 Å². The lowest BCUT2D eigenvalue weighted by molar-refractivity contribution is -0.144. The van der Waals surface area contributed by atoms with E-state index in [0.717, 1.165) is 50.4 Å². The molecule has 0 radical (unpaired) electrons. The van der Waals surface area contributed by atoms with Crippen LogP contribution < -0.4 is 0 Å². The van der Waals surface area contributed by atoms with Gasteiger partial charge in [0.15, 0.2) is 0 Å². The van der Waals surface area contributed by atoms with E-state index in [-0.39, 0.29) is 11.9 Å². The molecule has 0 amide bonds. The molecule has 0 aromatic carbocycles. The minimum absolute atomic E-state index is 0.0112. The topological polar surface area (TPSA) is 52.6 Å². The maximum atomic E-state index is 12.0. The third-order valence-corrected chi connectivity index (χ3v) is 11.9. The molecule has 0 fully saturated rings. The first-order valence-electron chi connectivity index (χ1n) is 25.7. The maximum absolute atomic E-state index is 12.0. The summed E-state index contributed by atoms with van der Waals surface area (Å²) in [6, 6.07) is 0. The summed E-state index contributed by atoms with van der Waals surface area (Å²) in [7, 11) is 0. The van der Waals surface area contributed by atoms with Crippen molar-refractivity contribution in [3.63, 3.8) is 0 Å². The van der Waals surface area contributed by atoms with Crippen LogP contribution in [-0.4, -0.2) is 25.2 Å². The normalized spacial score (nSPS) is 11.6. The van der Waals surface area contributed by atoms with Crippen LogP contribution in [0.2, 0.25) is 0 Å².